The normalized spacial score (nSPS) is 10.5. The molecule has 0 bridgehead atoms. The molecule has 0 aromatic heterocycles. The van der Waals surface area contributed by atoms with Gasteiger partial charge in [0.25, 0.3) is 0 Å². The van der Waals surface area contributed by atoms with Gasteiger partial charge in [-0.05, 0) is 6.07 Å². The van der Waals surface area contributed by atoms with E-state index in [2.05, 4.69) is 4.84 Å². The number of nitrogens with two attached hydrogens (primary N) is 1. The van der Waals surface area contributed by atoms with Gasteiger partial charge in [0.05, 0.1) is 20.3 Å². The first kappa shape index (κ1) is 12.9. The molecule has 2 N–H and O–H groups in total. The molecule has 4 nitrogen and oxygen atoms in total. The van der Waals surface area contributed by atoms with Crippen LogP contribution in [0.3, 0.4) is 0 Å². The van der Waals surface area contributed by atoms with Crippen molar-refractivity contribution in [3.63, 3.8) is 0 Å². The van der Waals surface area contributed by atoms with Crippen LogP contribution in [-0.2, 0) is 22.6 Å². The summed E-state index contributed by atoms with van der Waals surface area (Å²) in [6.45, 7) is 0.468. The summed E-state index contributed by atoms with van der Waals surface area (Å²) in [5.41, 5.74) is 0.956. The lowest BCUT2D eigenvalue weighted by Gasteiger charge is -2.12. The molecule has 0 fully saturated rings. The Kier molecular flexibility index (Phi) is 5.18. The van der Waals surface area contributed by atoms with Gasteiger partial charge in [0.1, 0.15) is 11.6 Å². The number of hydrogen-bond donors (Lipinski definition) is 1. The smallest absolute Gasteiger partial charge is 0.135 e. The Morgan fingerprint density at radius 1 is 1.31 bits per heavy atom. The highest BCUT2D eigenvalue weighted by Gasteiger charge is 2.13. The topological polar surface area (TPSA) is 53.7 Å². The first-order chi connectivity index (χ1) is 7.74. The van der Waals surface area contributed by atoms with Crippen LogP contribution in [0.25, 0.3) is 0 Å². The van der Waals surface area contributed by atoms with Crippen LogP contribution in [0, 0.1) is 5.82 Å². The predicted molar refractivity (Wildman–Crippen MR) is 57.5 cm³/mol. The van der Waals surface area contributed by atoms with Crippen LogP contribution in [0.1, 0.15) is 11.1 Å². The monoisotopic (exact) mass is 229 g/mol. The molecule has 90 valence electrons. The SMILES string of the molecule is COCc1ccc(OC)c(CCON)c1F. The van der Waals surface area contributed by atoms with E-state index in [1.54, 1.807) is 12.1 Å². The molecule has 0 atom stereocenters. The highest BCUT2D eigenvalue weighted by atomic mass is 19.1. The lowest BCUT2D eigenvalue weighted by atomic mass is 10.1. The third kappa shape index (κ3) is 2.91. The van der Waals surface area contributed by atoms with Crippen molar-refractivity contribution < 1.29 is 18.7 Å². The maximum Gasteiger partial charge on any atom is 0.135 e. The standard InChI is InChI=1S/C11H16FNO3/c1-14-7-8-3-4-10(15-2)9(11(8)12)5-6-16-13/h3-4H,5-7,13H2,1-2H3. The Morgan fingerprint density at radius 3 is 2.62 bits per heavy atom. The van der Waals surface area contributed by atoms with Crippen molar-refractivity contribution in [2.75, 3.05) is 20.8 Å². The fraction of sp³-hybridized carbons (Fsp3) is 0.455. The maximum atomic E-state index is 14.0. The Labute approximate surface area is 94.1 Å². The van der Waals surface area contributed by atoms with Gasteiger partial charge in [-0.3, -0.25) is 0 Å². The minimum atomic E-state index is -0.321. The summed E-state index contributed by atoms with van der Waals surface area (Å²) in [6, 6.07) is 3.35. The van der Waals surface area contributed by atoms with Gasteiger partial charge in [-0.2, -0.15) is 0 Å². The molecule has 0 unspecified atom stereocenters. The fourth-order valence-electron chi connectivity index (χ4n) is 1.50. The molecule has 0 saturated heterocycles. The van der Waals surface area contributed by atoms with Crippen molar-refractivity contribution in [3.8, 4) is 5.75 Å². The molecule has 0 aliphatic rings. The summed E-state index contributed by atoms with van der Waals surface area (Å²) in [4.78, 5) is 4.45. The number of halogens is 1. The molecule has 0 amide bonds. The summed E-state index contributed by atoms with van der Waals surface area (Å²) in [5, 5.41) is 0. The molecule has 0 aliphatic carbocycles. The minimum absolute atomic E-state index is 0.228. The zero-order chi connectivity index (χ0) is 12.0. The molecule has 0 spiro atoms. The van der Waals surface area contributed by atoms with Gasteiger partial charge in [-0.25, -0.2) is 10.3 Å². The predicted octanol–water partition coefficient (Wildman–Crippen LogP) is 1.41. The molecular weight excluding hydrogens is 213 g/mol. The largest absolute Gasteiger partial charge is 0.496 e. The Balaban J connectivity index is 3.02. The number of ether oxygens (including phenoxy) is 2. The van der Waals surface area contributed by atoms with Gasteiger partial charge in [0, 0.05) is 24.7 Å². The van der Waals surface area contributed by atoms with Crippen molar-refractivity contribution in [1.82, 2.24) is 0 Å². The van der Waals surface area contributed by atoms with Gasteiger partial charge < -0.3 is 14.3 Å². The lowest BCUT2D eigenvalue weighted by Crippen LogP contribution is -2.08. The second kappa shape index (κ2) is 6.42. The van der Waals surface area contributed by atoms with Gasteiger partial charge in [-0.1, -0.05) is 6.07 Å². The Bertz CT molecular complexity index is 344. The van der Waals surface area contributed by atoms with E-state index in [4.69, 9.17) is 15.4 Å². The van der Waals surface area contributed by atoms with Crippen LogP contribution in [0.15, 0.2) is 12.1 Å². The van der Waals surface area contributed by atoms with Crippen LogP contribution >= 0.6 is 0 Å². The van der Waals surface area contributed by atoms with Crippen LogP contribution in [0.2, 0.25) is 0 Å². The first-order valence-electron chi connectivity index (χ1n) is 4.89. The van der Waals surface area contributed by atoms with E-state index in [0.29, 0.717) is 23.3 Å². The molecule has 0 radical (unpaired) electrons. The van der Waals surface area contributed by atoms with Crippen molar-refractivity contribution in [1.29, 1.82) is 0 Å². The zero-order valence-corrected chi connectivity index (χ0v) is 9.46. The number of benzene rings is 1. The fourth-order valence-corrected chi connectivity index (χ4v) is 1.50. The molecule has 5 heteroatoms. The van der Waals surface area contributed by atoms with E-state index >= 15 is 0 Å². The van der Waals surface area contributed by atoms with Crippen LogP contribution < -0.4 is 10.6 Å². The molecule has 1 aromatic rings. The first-order valence-corrected chi connectivity index (χ1v) is 4.89. The van der Waals surface area contributed by atoms with E-state index in [1.165, 1.54) is 14.2 Å². The number of hydrogen-bond acceptors (Lipinski definition) is 4. The quantitative estimate of drug-likeness (QED) is 0.749. The summed E-state index contributed by atoms with van der Waals surface area (Å²) in [7, 11) is 3.02. The van der Waals surface area contributed by atoms with Crippen LogP contribution in [-0.4, -0.2) is 20.8 Å². The van der Waals surface area contributed by atoms with E-state index in [-0.39, 0.29) is 19.0 Å². The van der Waals surface area contributed by atoms with E-state index < -0.39 is 0 Å². The second-order valence-electron chi connectivity index (χ2n) is 3.27. The minimum Gasteiger partial charge on any atom is -0.496 e. The highest BCUT2D eigenvalue weighted by Crippen LogP contribution is 2.25. The molecule has 0 saturated carbocycles. The van der Waals surface area contributed by atoms with Gasteiger partial charge in [0.15, 0.2) is 0 Å². The van der Waals surface area contributed by atoms with Crippen LogP contribution in [0.5, 0.6) is 5.75 Å². The molecule has 1 rings (SSSR count). The summed E-state index contributed by atoms with van der Waals surface area (Å²) in [5.74, 6) is 5.10. The highest BCUT2D eigenvalue weighted by molar-refractivity contribution is 5.39. The van der Waals surface area contributed by atoms with Crippen molar-refractivity contribution in [2.24, 2.45) is 5.90 Å². The molecule has 0 heterocycles. The molecule has 1 aromatic carbocycles. The van der Waals surface area contributed by atoms with Gasteiger partial charge >= 0.3 is 0 Å². The third-order valence-electron chi connectivity index (χ3n) is 2.27. The van der Waals surface area contributed by atoms with E-state index in [9.17, 15) is 4.39 Å². The van der Waals surface area contributed by atoms with Crippen molar-refractivity contribution >= 4 is 0 Å². The summed E-state index contributed by atoms with van der Waals surface area (Å²) < 4.78 is 24.0. The van der Waals surface area contributed by atoms with E-state index in [0.717, 1.165) is 0 Å². The summed E-state index contributed by atoms with van der Waals surface area (Å²) in [6.07, 6.45) is 0.364. The Morgan fingerprint density at radius 2 is 2.06 bits per heavy atom. The molecule has 16 heavy (non-hydrogen) atoms. The van der Waals surface area contributed by atoms with Gasteiger partial charge in [0.2, 0.25) is 0 Å². The third-order valence-corrected chi connectivity index (χ3v) is 2.27. The molecule has 0 aliphatic heterocycles. The lowest BCUT2D eigenvalue weighted by molar-refractivity contribution is 0.139. The average molecular weight is 229 g/mol. The van der Waals surface area contributed by atoms with Gasteiger partial charge in [-0.15, -0.1) is 0 Å². The average Bonchev–Trinajstić information content (AvgIpc) is 2.30. The summed E-state index contributed by atoms with van der Waals surface area (Å²) >= 11 is 0. The zero-order valence-electron chi connectivity index (χ0n) is 9.46. The molecular formula is C11H16FNO3. The maximum absolute atomic E-state index is 14.0. The van der Waals surface area contributed by atoms with Crippen molar-refractivity contribution in [3.05, 3.63) is 29.1 Å². The van der Waals surface area contributed by atoms with Crippen LogP contribution in [0.4, 0.5) is 4.39 Å². The van der Waals surface area contributed by atoms with E-state index in [1.807, 2.05) is 0 Å². The second-order valence-corrected chi connectivity index (χ2v) is 3.27. The Hall–Kier alpha value is -1.17. The number of methoxy groups -OCH3 is 2. The number of rotatable bonds is 6. The van der Waals surface area contributed by atoms with Crippen molar-refractivity contribution in [2.45, 2.75) is 13.0 Å².